The van der Waals surface area contributed by atoms with Gasteiger partial charge in [0.05, 0.1) is 5.60 Å². The van der Waals surface area contributed by atoms with Gasteiger partial charge < -0.3 is 10.1 Å². The fourth-order valence-corrected chi connectivity index (χ4v) is 2.52. The van der Waals surface area contributed by atoms with Crippen LogP contribution in [-0.4, -0.2) is 32.0 Å². The summed E-state index contributed by atoms with van der Waals surface area (Å²) in [5.74, 6) is 0.609. The average molecular weight is 151 g/mol. The molecule has 2 aliphatic heterocycles. The number of morpholine rings is 1. The molecular formula is C8H14BNO. The van der Waals surface area contributed by atoms with Gasteiger partial charge in [-0.25, -0.2) is 0 Å². The number of fused-ring (bicyclic) bond motifs is 2. The maximum absolute atomic E-state index is 5.79. The number of ether oxygens (including phenoxy) is 1. The monoisotopic (exact) mass is 151 g/mol. The number of rotatable bonds is 1. The lowest BCUT2D eigenvalue weighted by atomic mass is 9.83. The molecule has 4 atom stereocenters. The first-order valence-electron chi connectivity index (χ1n) is 4.34. The fourth-order valence-electron chi connectivity index (χ4n) is 2.52. The largest absolute Gasteiger partial charge is 0.379 e. The van der Waals surface area contributed by atoms with Gasteiger partial charge in [0, 0.05) is 24.5 Å². The Kier molecular flexibility index (Phi) is 1.55. The average Bonchev–Trinajstić information content (AvgIpc) is 2.36. The Hall–Kier alpha value is -0.0151. The first-order chi connectivity index (χ1) is 5.17. The van der Waals surface area contributed by atoms with E-state index >= 15 is 0 Å². The summed E-state index contributed by atoms with van der Waals surface area (Å²) in [5.41, 5.74) is 0.0127. The van der Waals surface area contributed by atoms with Crippen LogP contribution in [0.3, 0.4) is 0 Å². The molecule has 2 saturated heterocycles. The normalized spacial score (nSPS) is 55.3. The van der Waals surface area contributed by atoms with Gasteiger partial charge in [0.2, 0.25) is 0 Å². The third kappa shape index (κ3) is 0.874. The molecule has 2 heterocycles. The molecule has 1 unspecified atom stereocenters. The highest BCUT2D eigenvalue weighted by molar-refractivity contribution is 6.11. The lowest BCUT2D eigenvalue weighted by Crippen LogP contribution is -2.43. The predicted octanol–water partition coefficient (Wildman–Crippen LogP) is 0.268. The summed E-state index contributed by atoms with van der Waals surface area (Å²) in [6.45, 7) is 5.31. The lowest BCUT2D eigenvalue weighted by Gasteiger charge is -2.27. The number of nitrogens with one attached hydrogen (secondary N) is 1. The number of hydrogen-bond donors (Lipinski definition) is 1. The summed E-state index contributed by atoms with van der Waals surface area (Å²) in [5, 5.41) is 3.40. The Labute approximate surface area is 69.1 Å². The molecule has 0 aromatic heterocycles. The van der Waals surface area contributed by atoms with Crippen molar-refractivity contribution in [2.24, 2.45) is 5.92 Å². The van der Waals surface area contributed by atoms with Crippen molar-refractivity contribution in [2.75, 3.05) is 6.54 Å². The minimum atomic E-state index is -0.0845. The molecule has 60 valence electrons. The Balaban J connectivity index is 2.22. The highest BCUT2D eigenvalue weighted by Gasteiger charge is 2.53. The van der Waals surface area contributed by atoms with Gasteiger partial charge in [-0.2, -0.15) is 0 Å². The molecule has 3 heteroatoms. The minimum absolute atomic E-state index is 0.0127. The lowest BCUT2D eigenvalue weighted by molar-refractivity contribution is -0.0246. The summed E-state index contributed by atoms with van der Waals surface area (Å²) in [6, 6.07) is 0.309. The van der Waals surface area contributed by atoms with Crippen molar-refractivity contribution < 1.29 is 4.74 Å². The van der Waals surface area contributed by atoms with Crippen LogP contribution in [0, 0.1) is 5.92 Å². The molecule has 2 rings (SSSR count). The first kappa shape index (κ1) is 7.62. The van der Waals surface area contributed by atoms with Crippen LogP contribution in [-0.2, 0) is 4.74 Å². The second-order valence-electron chi connectivity index (χ2n) is 3.82. The molecule has 1 N–H and O–H groups in total. The van der Waals surface area contributed by atoms with Gasteiger partial charge in [0.25, 0.3) is 0 Å². The zero-order valence-electron chi connectivity index (χ0n) is 7.13. The molecule has 2 aliphatic rings. The van der Waals surface area contributed by atoms with Crippen molar-refractivity contribution in [3.63, 3.8) is 0 Å². The van der Waals surface area contributed by atoms with E-state index < -0.39 is 0 Å². The Bertz CT molecular complexity index is 175. The SMILES string of the molecule is [B][C@@H]1O[C@@]2(C)CNC1[C@H]2CC. The van der Waals surface area contributed by atoms with E-state index in [1.54, 1.807) is 0 Å². The summed E-state index contributed by atoms with van der Waals surface area (Å²) < 4.78 is 5.67. The van der Waals surface area contributed by atoms with Gasteiger partial charge in [-0.1, -0.05) is 6.92 Å². The van der Waals surface area contributed by atoms with Crippen molar-refractivity contribution >= 4 is 7.85 Å². The van der Waals surface area contributed by atoms with Crippen molar-refractivity contribution in [1.82, 2.24) is 5.32 Å². The third-order valence-corrected chi connectivity index (χ3v) is 3.11. The molecule has 0 aliphatic carbocycles. The van der Waals surface area contributed by atoms with Crippen LogP contribution in [0.4, 0.5) is 0 Å². The zero-order chi connectivity index (χ0) is 8.06. The molecule has 0 aromatic rings. The van der Waals surface area contributed by atoms with Gasteiger partial charge in [-0.05, 0) is 13.3 Å². The van der Waals surface area contributed by atoms with Crippen LogP contribution < -0.4 is 5.32 Å². The molecule has 2 fully saturated rings. The minimum Gasteiger partial charge on any atom is -0.379 e. The Morgan fingerprint density at radius 1 is 1.73 bits per heavy atom. The Morgan fingerprint density at radius 3 is 2.73 bits per heavy atom. The van der Waals surface area contributed by atoms with Crippen LogP contribution in [0.1, 0.15) is 20.3 Å². The molecule has 2 nitrogen and oxygen atoms in total. The molecule has 0 aromatic carbocycles. The number of hydrogen-bond acceptors (Lipinski definition) is 2. The molecule has 11 heavy (non-hydrogen) atoms. The topological polar surface area (TPSA) is 21.3 Å². The van der Waals surface area contributed by atoms with Crippen molar-refractivity contribution in [3.05, 3.63) is 0 Å². The molecule has 0 saturated carbocycles. The van der Waals surface area contributed by atoms with Crippen LogP contribution in [0.15, 0.2) is 0 Å². The van der Waals surface area contributed by atoms with Gasteiger partial charge in [-0.3, -0.25) is 0 Å². The third-order valence-electron chi connectivity index (χ3n) is 3.11. The van der Waals surface area contributed by atoms with E-state index in [4.69, 9.17) is 12.6 Å². The summed E-state index contributed by atoms with van der Waals surface area (Å²) in [7, 11) is 5.79. The predicted molar refractivity (Wildman–Crippen MR) is 44.6 cm³/mol. The van der Waals surface area contributed by atoms with Crippen LogP contribution >= 0.6 is 0 Å². The maximum Gasteiger partial charge on any atom is 0.111 e. The second kappa shape index (κ2) is 2.24. The summed E-state index contributed by atoms with van der Waals surface area (Å²) in [4.78, 5) is 0. The van der Waals surface area contributed by atoms with E-state index in [1.165, 1.54) is 0 Å². The van der Waals surface area contributed by atoms with E-state index in [-0.39, 0.29) is 11.6 Å². The van der Waals surface area contributed by atoms with Crippen molar-refractivity contribution in [2.45, 2.75) is 37.9 Å². The summed E-state index contributed by atoms with van der Waals surface area (Å²) in [6.07, 6.45) is 1.15. The van der Waals surface area contributed by atoms with E-state index in [9.17, 15) is 0 Å². The van der Waals surface area contributed by atoms with E-state index in [2.05, 4.69) is 19.2 Å². The standard InChI is InChI=1S/C8H14BNO/c1-3-5-6-7(9)11-8(5,2)4-10-6/h5-7,10H,3-4H2,1-2H3/t5-,6?,7-,8+/m1/s1. The second-order valence-corrected chi connectivity index (χ2v) is 3.82. The van der Waals surface area contributed by atoms with Gasteiger partial charge >= 0.3 is 0 Å². The maximum atomic E-state index is 5.79. The van der Waals surface area contributed by atoms with Crippen LogP contribution in [0.2, 0.25) is 0 Å². The van der Waals surface area contributed by atoms with Gasteiger partial charge in [-0.15, -0.1) is 0 Å². The molecule has 0 amide bonds. The smallest absolute Gasteiger partial charge is 0.111 e. The quantitative estimate of drug-likeness (QED) is 0.543. The van der Waals surface area contributed by atoms with Crippen LogP contribution in [0.5, 0.6) is 0 Å². The van der Waals surface area contributed by atoms with E-state index in [0.717, 1.165) is 13.0 Å². The van der Waals surface area contributed by atoms with E-state index in [0.29, 0.717) is 12.0 Å². The van der Waals surface area contributed by atoms with Crippen molar-refractivity contribution in [3.8, 4) is 0 Å². The van der Waals surface area contributed by atoms with Crippen molar-refractivity contribution in [1.29, 1.82) is 0 Å². The highest BCUT2D eigenvalue weighted by Crippen LogP contribution is 2.41. The highest BCUT2D eigenvalue weighted by atomic mass is 16.5. The van der Waals surface area contributed by atoms with Crippen LogP contribution in [0.25, 0.3) is 0 Å². The van der Waals surface area contributed by atoms with Gasteiger partial charge in [0.15, 0.2) is 0 Å². The van der Waals surface area contributed by atoms with E-state index in [1.807, 2.05) is 0 Å². The molecule has 2 radical (unpaired) electrons. The Morgan fingerprint density at radius 2 is 2.45 bits per heavy atom. The van der Waals surface area contributed by atoms with Gasteiger partial charge in [0.1, 0.15) is 7.85 Å². The zero-order valence-corrected chi connectivity index (χ0v) is 7.13. The fraction of sp³-hybridized carbons (Fsp3) is 1.00. The summed E-state index contributed by atoms with van der Waals surface area (Å²) >= 11 is 0. The molecule has 2 bridgehead atoms. The first-order valence-corrected chi connectivity index (χ1v) is 4.34. The molecular weight excluding hydrogens is 137 g/mol. The molecule has 0 spiro atoms.